The second-order valence-corrected chi connectivity index (χ2v) is 6.37. The van der Waals surface area contributed by atoms with Gasteiger partial charge in [0, 0.05) is 21.6 Å². The van der Waals surface area contributed by atoms with Crippen molar-refractivity contribution in [3.63, 3.8) is 0 Å². The maximum Gasteiger partial charge on any atom is 0.278 e. The summed E-state index contributed by atoms with van der Waals surface area (Å²) in [7, 11) is 0. The molecule has 1 aliphatic rings. The van der Waals surface area contributed by atoms with Crippen molar-refractivity contribution < 1.29 is 9.63 Å². The van der Waals surface area contributed by atoms with Crippen LogP contribution in [-0.4, -0.2) is 16.0 Å². The average Bonchev–Trinajstić information content (AvgIpc) is 2.57. The van der Waals surface area contributed by atoms with Crippen molar-refractivity contribution in [3.05, 3.63) is 75.9 Å². The zero-order valence-corrected chi connectivity index (χ0v) is 13.8. The Bertz CT molecular complexity index is 910. The highest BCUT2D eigenvalue weighted by molar-refractivity contribution is 9.10. The number of carbonyl (C=O) groups is 1. The molecule has 0 unspecified atom stereocenters. The first kappa shape index (κ1) is 14.4. The third-order valence-electron chi connectivity index (χ3n) is 3.89. The summed E-state index contributed by atoms with van der Waals surface area (Å²) in [5, 5.41) is 2.45. The molecule has 2 aromatic carbocycles. The van der Waals surface area contributed by atoms with Gasteiger partial charge in [-0.3, -0.25) is 14.6 Å². The van der Waals surface area contributed by atoms with Gasteiger partial charge >= 0.3 is 0 Å². The molecule has 1 aliphatic heterocycles. The summed E-state index contributed by atoms with van der Waals surface area (Å²) in [6.07, 6.45) is 1.77. The van der Waals surface area contributed by atoms with Gasteiger partial charge in [-0.05, 0) is 51.3 Å². The van der Waals surface area contributed by atoms with E-state index in [-0.39, 0.29) is 5.91 Å². The van der Waals surface area contributed by atoms with E-state index in [1.54, 1.807) is 6.20 Å². The number of hydroxylamine groups is 2. The van der Waals surface area contributed by atoms with E-state index in [1.165, 1.54) is 5.06 Å². The van der Waals surface area contributed by atoms with Crippen LogP contribution in [0.3, 0.4) is 0 Å². The van der Waals surface area contributed by atoms with Crippen molar-refractivity contribution in [2.45, 2.75) is 13.2 Å². The molecule has 1 amide bonds. The summed E-state index contributed by atoms with van der Waals surface area (Å²) < 4.78 is 0.932. The average molecular weight is 369 g/mol. The standard InChI is InChI=1S/C18H13BrN2O2/c19-15-8-14-7-12(5-6-17(14)20-9-15)10-21-18(22)16-4-2-1-3-13(16)11-23-21/h1-9H,10-11H2. The van der Waals surface area contributed by atoms with Crippen LogP contribution in [0.5, 0.6) is 0 Å². The van der Waals surface area contributed by atoms with Crippen molar-refractivity contribution in [2.24, 2.45) is 0 Å². The number of nitrogens with zero attached hydrogens (tertiary/aromatic N) is 2. The third kappa shape index (κ3) is 2.73. The van der Waals surface area contributed by atoms with Gasteiger partial charge < -0.3 is 0 Å². The highest BCUT2D eigenvalue weighted by Gasteiger charge is 2.25. The monoisotopic (exact) mass is 368 g/mol. The Morgan fingerprint density at radius 1 is 1.17 bits per heavy atom. The molecule has 0 bridgehead atoms. The first-order valence-corrected chi connectivity index (χ1v) is 8.07. The number of hydrogen-bond acceptors (Lipinski definition) is 3. The quantitative estimate of drug-likeness (QED) is 0.684. The molecule has 3 aromatic rings. The van der Waals surface area contributed by atoms with Gasteiger partial charge in [0.05, 0.1) is 12.1 Å². The fourth-order valence-electron chi connectivity index (χ4n) is 2.73. The number of pyridine rings is 1. The van der Waals surface area contributed by atoms with Gasteiger partial charge in [-0.1, -0.05) is 24.3 Å². The van der Waals surface area contributed by atoms with E-state index in [0.717, 1.165) is 26.5 Å². The van der Waals surface area contributed by atoms with Crippen LogP contribution in [0.25, 0.3) is 10.9 Å². The molecular formula is C18H13BrN2O2. The Morgan fingerprint density at radius 2 is 2.04 bits per heavy atom. The molecule has 23 heavy (non-hydrogen) atoms. The molecule has 5 heteroatoms. The minimum absolute atomic E-state index is 0.0979. The molecular weight excluding hydrogens is 356 g/mol. The molecule has 2 heterocycles. The lowest BCUT2D eigenvalue weighted by atomic mass is 10.1. The molecule has 1 aromatic heterocycles. The Morgan fingerprint density at radius 3 is 2.96 bits per heavy atom. The third-order valence-corrected chi connectivity index (χ3v) is 4.32. The van der Waals surface area contributed by atoms with Crippen LogP contribution in [0.4, 0.5) is 0 Å². The van der Waals surface area contributed by atoms with Crippen LogP contribution >= 0.6 is 15.9 Å². The normalized spacial score (nSPS) is 14.1. The van der Waals surface area contributed by atoms with Gasteiger partial charge in [-0.2, -0.15) is 0 Å². The molecule has 0 spiro atoms. The van der Waals surface area contributed by atoms with E-state index in [9.17, 15) is 4.79 Å². The number of carbonyl (C=O) groups excluding carboxylic acids is 1. The van der Waals surface area contributed by atoms with Gasteiger partial charge in [0.2, 0.25) is 0 Å². The number of halogens is 1. The summed E-state index contributed by atoms with van der Waals surface area (Å²) in [6, 6.07) is 15.5. The van der Waals surface area contributed by atoms with Gasteiger partial charge in [0.1, 0.15) is 6.61 Å². The second kappa shape index (κ2) is 5.76. The van der Waals surface area contributed by atoms with E-state index in [0.29, 0.717) is 18.7 Å². The number of benzene rings is 2. The maximum absolute atomic E-state index is 12.5. The molecule has 114 valence electrons. The summed E-state index contributed by atoms with van der Waals surface area (Å²) >= 11 is 3.43. The van der Waals surface area contributed by atoms with Crippen LogP contribution in [0.1, 0.15) is 21.5 Å². The minimum Gasteiger partial charge on any atom is -0.267 e. The fourth-order valence-corrected chi connectivity index (χ4v) is 3.08. The fraction of sp³-hybridized carbons (Fsp3) is 0.111. The highest BCUT2D eigenvalue weighted by Crippen LogP contribution is 2.23. The zero-order chi connectivity index (χ0) is 15.8. The second-order valence-electron chi connectivity index (χ2n) is 5.45. The molecule has 0 atom stereocenters. The summed E-state index contributed by atoms with van der Waals surface area (Å²) in [5.41, 5.74) is 3.57. The number of amides is 1. The van der Waals surface area contributed by atoms with Crippen LogP contribution in [0.2, 0.25) is 0 Å². The predicted octanol–water partition coefficient (Wildman–Crippen LogP) is 4.08. The molecule has 4 rings (SSSR count). The summed E-state index contributed by atoms with van der Waals surface area (Å²) in [6.45, 7) is 0.832. The topological polar surface area (TPSA) is 42.4 Å². The van der Waals surface area contributed by atoms with Crippen LogP contribution < -0.4 is 0 Å². The maximum atomic E-state index is 12.5. The number of hydrogen-bond donors (Lipinski definition) is 0. The molecule has 4 nitrogen and oxygen atoms in total. The minimum atomic E-state index is -0.0979. The largest absolute Gasteiger partial charge is 0.278 e. The Labute approximate surface area is 141 Å². The number of rotatable bonds is 2. The highest BCUT2D eigenvalue weighted by atomic mass is 79.9. The molecule has 0 N–H and O–H groups in total. The van der Waals surface area contributed by atoms with Gasteiger partial charge in [-0.15, -0.1) is 0 Å². The number of fused-ring (bicyclic) bond motifs is 2. The lowest BCUT2D eigenvalue weighted by Crippen LogP contribution is -2.35. The van der Waals surface area contributed by atoms with Crippen molar-refractivity contribution in [1.29, 1.82) is 0 Å². The SMILES string of the molecule is O=C1c2ccccc2CON1Cc1ccc2ncc(Br)cc2c1. The van der Waals surface area contributed by atoms with Crippen molar-refractivity contribution in [3.8, 4) is 0 Å². The smallest absolute Gasteiger partial charge is 0.267 e. The molecule has 0 fully saturated rings. The van der Waals surface area contributed by atoms with E-state index in [1.807, 2.05) is 48.5 Å². The van der Waals surface area contributed by atoms with Crippen molar-refractivity contribution in [2.75, 3.05) is 0 Å². The lowest BCUT2D eigenvalue weighted by molar-refractivity contribution is -0.146. The van der Waals surface area contributed by atoms with Crippen LogP contribution in [0.15, 0.2) is 59.2 Å². The summed E-state index contributed by atoms with van der Waals surface area (Å²) in [4.78, 5) is 22.5. The summed E-state index contributed by atoms with van der Waals surface area (Å²) in [5.74, 6) is -0.0979. The number of aromatic nitrogens is 1. The van der Waals surface area contributed by atoms with E-state index < -0.39 is 0 Å². The first-order chi connectivity index (χ1) is 11.2. The molecule has 0 saturated carbocycles. The molecule has 0 aliphatic carbocycles. The van der Waals surface area contributed by atoms with Crippen LogP contribution in [0, 0.1) is 0 Å². The molecule has 0 saturated heterocycles. The lowest BCUT2D eigenvalue weighted by Gasteiger charge is -2.27. The molecule has 0 radical (unpaired) electrons. The first-order valence-electron chi connectivity index (χ1n) is 7.27. The Kier molecular flexibility index (Phi) is 3.59. The Hall–Kier alpha value is -2.24. The predicted molar refractivity (Wildman–Crippen MR) is 90.5 cm³/mol. The van der Waals surface area contributed by atoms with E-state index in [2.05, 4.69) is 20.9 Å². The van der Waals surface area contributed by atoms with Gasteiger partial charge in [-0.25, -0.2) is 5.06 Å². The van der Waals surface area contributed by atoms with Gasteiger partial charge in [0.25, 0.3) is 5.91 Å². The van der Waals surface area contributed by atoms with Crippen molar-refractivity contribution in [1.82, 2.24) is 10.0 Å². The zero-order valence-electron chi connectivity index (χ0n) is 12.2. The Balaban J connectivity index is 1.62. The van der Waals surface area contributed by atoms with Crippen LogP contribution in [-0.2, 0) is 18.0 Å². The van der Waals surface area contributed by atoms with Gasteiger partial charge in [0.15, 0.2) is 0 Å². The van der Waals surface area contributed by atoms with Crippen molar-refractivity contribution >= 4 is 32.7 Å². The van der Waals surface area contributed by atoms with E-state index >= 15 is 0 Å². The van der Waals surface area contributed by atoms with E-state index in [4.69, 9.17) is 4.84 Å².